The molecule has 0 radical (unpaired) electrons. The van der Waals surface area contributed by atoms with Gasteiger partial charge in [-0.2, -0.15) is 0 Å². The normalized spacial score (nSPS) is 12.0. The van der Waals surface area contributed by atoms with E-state index in [1.165, 1.54) is 0 Å². The lowest BCUT2D eigenvalue weighted by Crippen LogP contribution is -2.36. The zero-order chi connectivity index (χ0) is 16.8. The molecule has 2 rings (SSSR count). The smallest absolute Gasteiger partial charge is 0.229 e. The van der Waals surface area contributed by atoms with E-state index < -0.39 is 0 Å². The summed E-state index contributed by atoms with van der Waals surface area (Å²) in [5, 5.41) is 6.94. The fraction of sp³-hybridized carbons (Fsp3) is 0.412. The molecule has 2 aromatic rings. The van der Waals surface area contributed by atoms with E-state index in [1.807, 2.05) is 38.1 Å². The van der Waals surface area contributed by atoms with Gasteiger partial charge in [-0.25, -0.2) is 0 Å². The number of benzene rings is 1. The van der Waals surface area contributed by atoms with Crippen LogP contribution in [0.25, 0.3) is 0 Å². The highest BCUT2D eigenvalue weighted by molar-refractivity contribution is 6.29. The summed E-state index contributed by atoms with van der Waals surface area (Å²) in [7, 11) is 0. The van der Waals surface area contributed by atoms with Crippen molar-refractivity contribution < 1.29 is 14.1 Å². The first-order valence-electron chi connectivity index (χ1n) is 7.55. The van der Waals surface area contributed by atoms with Gasteiger partial charge in [-0.05, 0) is 50.4 Å². The number of halogens is 1. The van der Waals surface area contributed by atoms with E-state index in [4.69, 9.17) is 20.9 Å². The molecule has 6 heteroatoms. The van der Waals surface area contributed by atoms with Crippen molar-refractivity contribution in [3.05, 3.63) is 46.3 Å². The highest BCUT2D eigenvalue weighted by Gasteiger charge is 2.14. The largest absolute Gasteiger partial charge is 0.491 e. The fourth-order valence-corrected chi connectivity index (χ4v) is 2.47. The zero-order valence-electron chi connectivity index (χ0n) is 13.6. The minimum atomic E-state index is -0.0823. The number of hydrogen-bond donors (Lipinski definition) is 1. The lowest BCUT2D eigenvalue weighted by Gasteiger charge is -2.16. The van der Waals surface area contributed by atoms with Crippen LogP contribution in [0.5, 0.6) is 5.75 Å². The van der Waals surface area contributed by atoms with Crippen molar-refractivity contribution in [1.82, 2.24) is 10.5 Å². The molecule has 1 N–H and O–H groups in total. The monoisotopic (exact) mass is 336 g/mol. The predicted molar refractivity (Wildman–Crippen MR) is 88.8 cm³/mol. The van der Waals surface area contributed by atoms with Gasteiger partial charge in [0.15, 0.2) is 0 Å². The molecule has 0 fully saturated rings. The molecule has 0 saturated heterocycles. The van der Waals surface area contributed by atoms with Crippen LogP contribution in [0.1, 0.15) is 30.2 Å². The second-order valence-corrected chi connectivity index (χ2v) is 5.91. The maximum atomic E-state index is 12.0. The van der Waals surface area contributed by atoms with E-state index in [0.29, 0.717) is 19.4 Å². The molecule has 1 heterocycles. The molecule has 0 aliphatic carbocycles. The number of aromatic nitrogens is 1. The molecular formula is C17H21ClN2O3. The van der Waals surface area contributed by atoms with Crippen LogP contribution < -0.4 is 10.1 Å². The average molecular weight is 337 g/mol. The molecule has 1 aromatic carbocycles. The molecule has 23 heavy (non-hydrogen) atoms. The summed E-state index contributed by atoms with van der Waals surface area (Å²) in [6.45, 7) is 6.13. The fourth-order valence-electron chi connectivity index (χ4n) is 2.20. The molecule has 0 spiro atoms. The molecule has 0 bridgehead atoms. The number of ether oxygens (including phenoxy) is 1. The first-order chi connectivity index (χ1) is 11.0. The summed E-state index contributed by atoms with van der Waals surface area (Å²) >= 11 is 5.89. The summed E-state index contributed by atoms with van der Waals surface area (Å²) < 4.78 is 10.6. The van der Waals surface area contributed by atoms with E-state index in [-0.39, 0.29) is 17.2 Å². The van der Waals surface area contributed by atoms with E-state index >= 15 is 0 Å². The number of para-hydroxylation sites is 1. The van der Waals surface area contributed by atoms with Crippen LogP contribution in [0.4, 0.5) is 0 Å². The summed E-state index contributed by atoms with van der Waals surface area (Å²) in [4.78, 5) is 12.0. The summed E-state index contributed by atoms with van der Waals surface area (Å²) in [5.41, 5.74) is 2.58. The Labute approximate surface area is 141 Å². The lowest BCUT2D eigenvalue weighted by molar-refractivity contribution is -0.121. The third-order valence-electron chi connectivity index (χ3n) is 3.53. The van der Waals surface area contributed by atoms with Crippen LogP contribution in [0, 0.1) is 13.8 Å². The van der Waals surface area contributed by atoms with Crippen molar-refractivity contribution in [2.75, 3.05) is 6.61 Å². The maximum absolute atomic E-state index is 12.0. The van der Waals surface area contributed by atoms with Gasteiger partial charge >= 0.3 is 0 Å². The number of carbonyl (C=O) groups excluding carboxylic acids is 1. The molecule has 0 unspecified atom stereocenters. The number of amides is 1. The summed E-state index contributed by atoms with van der Waals surface area (Å²) in [6, 6.07) is 7.72. The van der Waals surface area contributed by atoms with Crippen molar-refractivity contribution in [1.29, 1.82) is 0 Å². The second-order valence-electron chi connectivity index (χ2n) is 5.57. The van der Waals surface area contributed by atoms with Crippen LogP contribution in [0.2, 0.25) is 5.22 Å². The van der Waals surface area contributed by atoms with Crippen LogP contribution in [-0.4, -0.2) is 23.7 Å². The third-order valence-corrected chi connectivity index (χ3v) is 3.83. The average Bonchev–Trinajstić information content (AvgIpc) is 2.83. The zero-order valence-corrected chi connectivity index (χ0v) is 14.3. The Bertz CT molecular complexity index is 650. The molecule has 1 amide bonds. The quantitative estimate of drug-likeness (QED) is 0.841. The Morgan fingerprint density at radius 1 is 1.39 bits per heavy atom. The standard InChI is InChI=1S/C17H21ClN2O3/c1-11-6-4-5-7-15(11)22-10-12(2)19-16(21)9-8-14-13(3)20-23-17(14)18/h4-7,12H,8-10H2,1-3H3,(H,19,21)/t12-/m1/s1. The molecule has 0 aliphatic rings. The number of nitrogens with one attached hydrogen (secondary N) is 1. The molecule has 0 saturated carbocycles. The van der Waals surface area contributed by atoms with Crippen LogP contribution >= 0.6 is 11.6 Å². The molecule has 1 atom stereocenters. The Balaban J connectivity index is 1.75. The second kappa shape index (κ2) is 8.02. The highest BCUT2D eigenvalue weighted by atomic mass is 35.5. The van der Waals surface area contributed by atoms with Gasteiger partial charge in [0.2, 0.25) is 11.1 Å². The molecule has 0 aliphatic heterocycles. The number of rotatable bonds is 7. The SMILES string of the molecule is Cc1ccccc1OC[C@@H](C)NC(=O)CCc1c(C)noc1Cl. The van der Waals surface area contributed by atoms with Gasteiger partial charge < -0.3 is 14.6 Å². The third kappa shape index (κ3) is 4.99. The number of nitrogens with zero attached hydrogens (tertiary/aromatic N) is 1. The van der Waals surface area contributed by atoms with Crippen molar-refractivity contribution in [3.63, 3.8) is 0 Å². The van der Waals surface area contributed by atoms with Gasteiger partial charge in [-0.3, -0.25) is 4.79 Å². The van der Waals surface area contributed by atoms with Crippen molar-refractivity contribution in [2.24, 2.45) is 0 Å². The number of hydrogen-bond acceptors (Lipinski definition) is 4. The van der Waals surface area contributed by atoms with E-state index in [9.17, 15) is 4.79 Å². The molecule has 5 nitrogen and oxygen atoms in total. The minimum absolute atomic E-state index is 0.0532. The summed E-state index contributed by atoms with van der Waals surface area (Å²) in [5.74, 6) is 0.781. The molecule has 1 aromatic heterocycles. The van der Waals surface area contributed by atoms with E-state index in [0.717, 1.165) is 22.6 Å². The Hall–Kier alpha value is -2.01. The van der Waals surface area contributed by atoms with Gasteiger partial charge in [-0.1, -0.05) is 23.4 Å². The highest BCUT2D eigenvalue weighted by Crippen LogP contribution is 2.20. The van der Waals surface area contributed by atoms with Gasteiger partial charge in [0.25, 0.3) is 0 Å². The van der Waals surface area contributed by atoms with E-state index in [2.05, 4.69) is 10.5 Å². The van der Waals surface area contributed by atoms with Crippen molar-refractivity contribution in [2.45, 2.75) is 39.7 Å². The van der Waals surface area contributed by atoms with Gasteiger partial charge in [0.1, 0.15) is 12.4 Å². The van der Waals surface area contributed by atoms with Crippen LogP contribution in [0.15, 0.2) is 28.8 Å². The minimum Gasteiger partial charge on any atom is -0.491 e. The maximum Gasteiger partial charge on any atom is 0.229 e. The van der Waals surface area contributed by atoms with Gasteiger partial charge in [0.05, 0.1) is 11.7 Å². The predicted octanol–water partition coefficient (Wildman–Crippen LogP) is 3.46. The first-order valence-corrected chi connectivity index (χ1v) is 7.93. The number of carbonyl (C=O) groups is 1. The van der Waals surface area contributed by atoms with Crippen molar-refractivity contribution >= 4 is 17.5 Å². The van der Waals surface area contributed by atoms with Crippen LogP contribution in [0.3, 0.4) is 0 Å². The lowest BCUT2D eigenvalue weighted by atomic mass is 10.1. The van der Waals surface area contributed by atoms with Gasteiger partial charge in [-0.15, -0.1) is 0 Å². The summed E-state index contributed by atoms with van der Waals surface area (Å²) in [6.07, 6.45) is 0.835. The Morgan fingerprint density at radius 2 is 2.13 bits per heavy atom. The Kier molecular flexibility index (Phi) is 6.04. The Morgan fingerprint density at radius 3 is 2.78 bits per heavy atom. The first kappa shape index (κ1) is 17.3. The molecular weight excluding hydrogens is 316 g/mol. The number of aryl methyl sites for hydroxylation is 2. The van der Waals surface area contributed by atoms with E-state index in [1.54, 1.807) is 6.92 Å². The van der Waals surface area contributed by atoms with Crippen LogP contribution in [-0.2, 0) is 11.2 Å². The van der Waals surface area contributed by atoms with Crippen molar-refractivity contribution in [3.8, 4) is 5.75 Å². The molecule has 124 valence electrons. The van der Waals surface area contributed by atoms with Gasteiger partial charge in [0, 0.05) is 12.0 Å². The topological polar surface area (TPSA) is 64.4 Å².